The highest BCUT2D eigenvalue weighted by Gasteiger charge is 2.85. The fraction of sp³-hybridized carbons (Fsp3) is 0.857. The highest BCUT2D eigenvalue weighted by Crippen LogP contribution is 2.55. The lowest BCUT2D eigenvalue weighted by atomic mass is 10.1. The quantitative estimate of drug-likeness (QED) is 0.414. The van der Waals surface area contributed by atoms with Gasteiger partial charge in [0.15, 0.2) is 0 Å². The Labute approximate surface area is 111 Å². The summed E-state index contributed by atoms with van der Waals surface area (Å²) in [5.41, 5.74) is 0. The van der Waals surface area contributed by atoms with Gasteiger partial charge in [-0.2, -0.15) is 43.8 Å². The van der Waals surface area contributed by atoms with E-state index >= 15 is 0 Å². The van der Waals surface area contributed by atoms with E-state index in [1.165, 1.54) is 0 Å². The van der Waals surface area contributed by atoms with Crippen LogP contribution < -0.4 is 0 Å². The smallest absolute Gasteiger partial charge is 0.285 e. The SMILES string of the molecule is CN(CC=[OH+])S(=O)(=O)C(F)(F)C(F)(F)C(F)(F)C(F)(F)F. The van der Waals surface area contributed by atoms with Crippen molar-refractivity contribution in [3.8, 4) is 0 Å². The Morgan fingerprint density at radius 2 is 1.33 bits per heavy atom. The molecule has 0 fully saturated rings. The van der Waals surface area contributed by atoms with E-state index in [0.29, 0.717) is 0 Å². The van der Waals surface area contributed by atoms with Crippen LogP contribution in [0.5, 0.6) is 0 Å². The van der Waals surface area contributed by atoms with Crippen LogP contribution in [0.25, 0.3) is 0 Å². The molecule has 0 bridgehead atoms. The lowest BCUT2D eigenvalue weighted by Gasteiger charge is -2.34. The minimum absolute atomic E-state index is 0.117. The van der Waals surface area contributed by atoms with Gasteiger partial charge in [0.05, 0.1) is 0 Å². The lowest BCUT2D eigenvalue weighted by molar-refractivity contribution is -0.382. The number of likely N-dealkylation sites (N-methyl/N-ethyl adjacent to an activating group) is 1. The summed E-state index contributed by atoms with van der Waals surface area (Å²) >= 11 is 0. The van der Waals surface area contributed by atoms with E-state index < -0.39 is 44.1 Å². The molecule has 0 amide bonds. The highest BCUT2D eigenvalue weighted by atomic mass is 32.2. The molecule has 0 aromatic heterocycles. The van der Waals surface area contributed by atoms with E-state index in [2.05, 4.69) is 0 Å². The van der Waals surface area contributed by atoms with E-state index in [1.807, 2.05) is 0 Å². The number of nitrogens with zero attached hydrogens (tertiary/aromatic N) is 1. The van der Waals surface area contributed by atoms with Gasteiger partial charge in [0.2, 0.25) is 0 Å². The molecule has 0 aliphatic carbocycles. The largest absolute Gasteiger partial charge is 0.460 e. The summed E-state index contributed by atoms with van der Waals surface area (Å²) in [5, 5.41) is -6.78. The number of carbonyl (C=O) groups excluding carboxylic acids is 1. The van der Waals surface area contributed by atoms with E-state index in [1.54, 1.807) is 0 Å². The minimum Gasteiger partial charge on any atom is -0.285 e. The first-order valence-electron chi connectivity index (χ1n) is 4.60. The van der Waals surface area contributed by atoms with Gasteiger partial charge in [-0.25, -0.2) is 8.42 Å². The van der Waals surface area contributed by atoms with Gasteiger partial charge in [0.25, 0.3) is 16.3 Å². The van der Waals surface area contributed by atoms with Crippen LogP contribution in [0.3, 0.4) is 0 Å². The number of alkyl halides is 9. The van der Waals surface area contributed by atoms with Crippen LogP contribution in [0.1, 0.15) is 0 Å². The molecular formula is C7H7F9NO3S+. The molecule has 0 saturated heterocycles. The second kappa shape index (κ2) is 5.30. The van der Waals surface area contributed by atoms with Crippen molar-refractivity contribution in [2.75, 3.05) is 13.6 Å². The maximum absolute atomic E-state index is 13.1. The summed E-state index contributed by atoms with van der Waals surface area (Å²) in [6.07, 6.45) is -7.23. The summed E-state index contributed by atoms with van der Waals surface area (Å²) in [6, 6.07) is 0. The van der Waals surface area contributed by atoms with Crippen LogP contribution in [0.4, 0.5) is 39.5 Å². The molecule has 0 heterocycles. The number of hydrogen-bond donors (Lipinski definition) is 0. The van der Waals surface area contributed by atoms with Crippen LogP contribution in [0.2, 0.25) is 0 Å². The molecule has 0 atom stereocenters. The first-order valence-corrected chi connectivity index (χ1v) is 6.04. The van der Waals surface area contributed by atoms with Gasteiger partial charge < -0.3 is 0 Å². The third-order valence-corrected chi connectivity index (χ3v) is 4.06. The van der Waals surface area contributed by atoms with Crippen LogP contribution in [0, 0.1) is 0 Å². The van der Waals surface area contributed by atoms with Crippen molar-refractivity contribution in [1.82, 2.24) is 4.31 Å². The van der Waals surface area contributed by atoms with Crippen molar-refractivity contribution in [2.24, 2.45) is 0 Å². The maximum atomic E-state index is 13.1. The molecule has 0 saturated carbocycles. The standard InChI is InChI=1S/C7H6F9NO3S/c1-17(2-3-18)21(19,20)7(15,16)5(10,11)4(8,9)6(12,13)14/h3H,2H2,1H3/p+1. The Kier molecular flexibility index (Phi) is 5.03. The van der Waals surface area contributed by atoms with Gasteiger partial charge in [0.1, 0.15) is 6.54 Å². The molecule has 0 aromatic carbocycles. The molecule has 126 valence electrons. The Balaban J connectivity index is 6.07. The van der Waals surface area contributed by atoms with Crippen molar-refractivity contribution in [3.05, 3.63) is 0 Å². The molecule has 0 aromatic rings. The van der Waals surface area contributed by atoms with Crippen LogP contribution >= 0.6 is 0 Å². The van der Waals surface area contributed by atoms with Gasteiger partial charge in [-0.3, -0.25) is 4.79 Å². The Morgan fingerprint density at radius 3 is 1.62 bits per heavy atom. The Bertz CT molecular complexity index is 498. The molecule has 1 N–H and O–H groups in total. The predicted molar refractivity (Wildman–Crippen MR) is 50.4 cm³/mol. The van der Waals surface area contributed by atoms with E-state index in [9.17, 15) is 47.9 Å². The molecule has 14 heteroatoms. The number of hydrogen-bond acceptors (Lipinski definition) is 2. The summed E-state index contributed by atoms with van der Waals surface area (Å²) in [7, 11) is -6.46. The monoisotopic (exact) mass is 356 g/mol. The first-order chi connectivity index (χ1) is 8.98. The molecular weight excluding hydrogens is 349 g/mol. The molecule has 0 radical (unpaired) electrons. The summed E-state index contributed by atoms with van der Waals surface area (Å²) in [5.74, 6) is -14.6. The second-order valence-corrected chi connectivity index (χ2v) is 5.72. The van der Waals surface area contributed by atoms with Crippen molar-refractivity contribution >= 4 is 16.3 Å². The number of aldehydes is 1. The number of sulfonamides is 1. The van der Waals surface area contributed by atoms with Crippen molar-refractivity contribution in [1.29, 1.82) is 0 Å². The number of halogens is 9. The van der Waals surface area contributed by atoms with Crippen molar-refractivity contribution in [2.45, 2.75) is 23.3 Å². The van der Waals surface area contributed by atoms with E-state index in [4.69, 9.17) is 4.79 Å². The Morgan fingerprint density at radius 1 is 0.952 bits per heavy atom. The van der Waals surface area contributed by atoms with Crippen molar-refractivity contribution in [3.63, 3.8) is 0 Å². The molecule has 0 aliphatic rings. The third-order valence-electron chi connectivity index (χ3n) is 2.19. The first kappa shape index (κ1) is 19.9. The van der Waals surface area contributed by atoms with E-state index in [-0.39, 0.29) is 13.3 Å². The topological polar surface area (TPSA) is 58.8 Å². The molecule has 4 nitrogen and oxygen atoms in total. The molecule has 21 heavy (non-hydrogen) atoms. The fourth-order valence-electron chi connectivity index (χ4n) is 0.932. The zero-order chi connectivity index (χ0) is 17.5. The summed E-state index contributed by atoms with van der Waals surface area (Å²) in [4.78, 5) is 8.17. The molecule has 0 aliphatic heterocycles. The van der Waals surface area contributed by atoms with Gasteiger partial charge in [0, 0.05) is 7.05 Å². The molecule has 0 spiro atoms. The predicted octanol–water partition coefficient (Wildman–Crippen LogP) is 1.85. The highest BCUT2D eigenvalue weighted by molar-refractivity contribution is 7.90. The molecule has 0 rings (SSSR count). The van der Waals surface area contributed by atoms with E-state index in [0.717, 1.165) is 0 Å². The maximum Gasteiger partial charge on any atom is 0.460 e. The lowest BCUT2D eigenvalue weighted by Crippen LogP contribution is -2.65. The average Bonchev–Trinajstić information content (AvgIpc) is 2.26. The van der Waals surface area contributed by atoms with Crippen LogP contribution in [-0.4, -0.2) is 60.7 Å². The van der Waals surface area contributed by atoms with Gasteiger partial charge in [-0.1, -0.05) is 0 Å². The summed E-state index contributed by atoms with van der Waals surface area (Å²) in [6.45, 7) is -1.34. The number of rotatable bonds is 6. The third kappa shape index (κ3) is 2.82. The normalized spacial score (nSPS) is 15.4. The van der Waals surface area contributed by atoms with Gasteiger partial charge in [-0.05, 0) is 0 Å². The zero-order valence-corrected chi connectivity index (χ0v) is 10.6. The second-order valence-electron chi connectivity index (χ2n) is 3.63. The van der Waals surface area contributed by atoms with Crippen LogP contribution in [0.15, 0.2) is 0 Å². The van der Waals surface area contributed by atoms with Gasteiger partial charge in [-0.15, -0.1) is 0 Å². The summed E-state index contributed by atoms with van der Waals surface area (Å²) < 4.78 is 134. The fourth-order valence-corrected chi connectivity index (χ4v) is 2.04. The minimum atomic E-state index is -7.31. The molecule has 0 unspecified atom stereocenters. The van der Waals surface area contributed by atoms with Gasteiger partial charge >= 0.3 is 23.3 Å². The Hall–Kier alpha value is -1.05. The van der Waals surface area contributed by atoms with Crippen molar-refractivity contribution < 1.29 is 52.7 Å². The van der Waals surface area contributed by atoms with Crippen LogP contribution in [-0.2, 0) is 10.0 Å². The average molecular weight is 356 g/mol. The zero-order valence-electron chi connectivity index (χ0n) is 9.81.